The topological polar surface area (TPSA) is 42.2 Å². The molecule has 0 N–H and O–H groups in total. The number of benzene rings is 2. The third-order valence-electron chi connectivity index (χ3n) is 3.82. The van der Waals surface area contributed by atoms with Crippen LogP contribution in [0.2, 0.25) is 0 Å². The zero-order chi connectivity index (χ0) is 16.5. The second-order valence-corrected chi connectivity index (χ2v) is 5.62. The second kappa shape index (κ2) is 8.85. The van der Waals surface area contributed by atoms with E-state index < -0.39 is 0 Å². The Morgan fingerprint density at radius 2 is 1.83 bits per heavy atom. The first-order valence-electron chi connectivity index (χ1n) is 7.96. The molecule has 3 heteroatoms. The maximum Gasteiger partial charge on any atom is 0.119 e. The number of methoxy groups -OCH3 is 1. The van der Waals surface area contributed by atoms with E-state index in [4.69, 9.17) is 9.47 Å². The first-order chi connectivity index (χ1) is 11.2. The normalized spacial score (nSPS) is 11.5. The van der Waals surface area contributed by atoms with Crippen LogP contribution in [-0.4, -0.2) is 13.7 Å². The molecule has 0 radical (unpaired) electrons. The SMILES string of the molecule is COc1ccc(C(C#N)CCCCOc2cccc(C)c2)cc1. The van der Waals surface area contributed by atoms with Crippen LogP contribution in [0.15, 0.2) is 48.5 Å². The van der Waals surface area contributed by atoms with Gasteiger partial charge in [0.25, 0.3) is 0 Å². The summed E-state index contributed by atoms with van der Waals surface area (Å²) >= 11 is 0. The molecule has 0 heterocycles. The predicted molar refractivity (Wildman–Crippen MR) is 91.9 cm³/mol. The zero-order valence-corrected chi connectivity index (χ0v) is 13.8. The number of aryl methyl sites for hydroxylation is 1. The minimum absolute atomic E-state index is 0.0696. The van der Waals surface area contributed by atoms with Gasteiger partial charge in [-0.2, -0.15) is 5.26 Å². The van der Waals surface area contributed by atoms with Gasteiger partial charge in [-0.25, -0.2) is 0 Å². The maximum absolute atomic E-state index is 9.36. The number of hydrogen-bond donors (Lipinski definition) is 0. The minimum Gasteiger partial charge on any atom is -0.497 e. The highest BCUT2D eigenvalue weighted by Gasteiger charge is 2.10. The minimum atomic E-state index is -0.0696. The van der Waals surface area contributed by atoms with Crippen molar-refractivity contribution in [3.8, 4) is 17.6 Å². The Labute approximate surface area is 138 Å². The van der Waals surface area contributed by atoms with Crippen molar-refractivity contribution in [2.75, 3.05) is 13.7 Å². The van der Waals surface area contributed by atoms with Crippen LogP contribution in [0.4, 0.5) is 0 Å². The van der Waals surface area contributed by atoms with Gasteiger partial charge in [-0.3, -0.25) is 0 Å². The van der Waals surface area contributed by atoms with Crippen LogP contribution in [0, 0.1) is 18.3 Å². The van der Waals surface area contributed by atoms with Crippen molar-refractivity contribution in [1.29, 1.82) is 5.26 Å². The molecule has 2 aromatic carbocycles. The molecule has 2 rings (SSSR count). The first-order valence-corrected chi connectivity index (χ1v) is 7.96. The summed E-state index contributed by atoms with van der Waals surface area (Å²) in [5.41, 5.74) is 2.25. The van der Waals surface area contributed by atoms with Crippen molar-refractivity contribution in [1.82, 2.24) is 0 Å². The van der Waals surface area contributed by atoms with E-state index in [1.807, 2.05) is 42.5 Å². The van der Waals surface area contributed by atoms with Crippen LogP contribution >= 0.6 is 0 Å². The molecule has 2 aromatic rings. The molecule has 0 saturated heterocycles. The molecule has 0 bridgehead atoms. The molecule has 120 valence electrons. The lowest BCUT2D eigenvalue weighted by molar-refractivity contribution is 0.304. The molecule has 1 unspecified atom stereocenters. The molecule has 0 amide bonds. The van der Waals surface area contributed by atoms with Gasteiger partial charge in [0, 0.05) is 0 Å². The third kappa shape index (κ3) is 5.34. The fraction of sp³-hybridized carbons (Fsp3) is 0.350. The summed E-state index contributed by atoms with van der Waals surface area (Å²) in [6.07, 6.45) is 2.76. The lowest BCUT2D eigenvalue weighted by atomic mass is 9.95. The highest BCUT2D eigenvalue weighted by atomic mass is 16.5. The van der Waals surface area contributed by atoms with Gasteiger partial charge >= 0.3 is 0 Å². The van der Waals surface area contributed by atoms with E-state index in [-0.39, 0.29) is 5.92 Å². The molecule has 1 atom stereocenters. The predicted octanol–water partition coefficient (Wildman–Crippen LogP) is 4.86. The molecule has 3 nitrogen and oxygen atoms in total. The Hall–Kier alpha value is -2.47. The maximum atomic E-state index is 9.36. The molecule has 0 aromatic heterocycles. The summed E-state index contributed by atoms with van der Waals surface area (Å²) in [5.74, 6) is 1.66. The number of nitrogens with zero attached hydrogens (tertiary/aromatic N) is 1. The summed E-state index contributed by atoms with van der Waals surface area (Å²) in [5, 5.41) is 9.36. The largest absolute Gasteiger partial charge is 0.497 e. The standard InChI is InChI=1S/C20H23NO2/c1-16-6-5-8-20(14-16)23-13-4-3-7-18(15-21)17-9-11-19(22-2)12-10-17/h5-6,8-12,14,18H,3-4,7,13H2,1-2H3. The van der Waals surface area contributed by atoms with Gasteiger partial charge in [0.15, 0.2) is 0 Å². The monoisotopic (exact) mass is 309 g/mol. The Morgan fingerprint density at radius 3 is 2.48 bits per heavy atom. The molecule has 0 aliphatic carbocycles. The highest BCUT2D eigenvalue weighted by Crippen LogP contribution is 2.23. The van der Waals surface area contributed by atoms with Gasteiger partial charge in [-0.1, -0.05) is 24.3 Å². The molecule has 23 heavy (non-hydrogen) atoms. The van der Waals surface area contributed by atoms with Crippen LogP contribution in [0.5, 0.6) is 11.5 Å². The number of ether oxygens (including phenoxy) is 2. The van der Waals surface area contributed by atoms with Gasteiger partial charge in [-0.15, -0.1) is 0 Å². The van der Waals surface area contributed by atoms with Crippen molar-refractivity contribution in [3.63, 3.8) is 0 Å². The van der Waals surface area contributed by atoms with Crippen LogP contribution in [0.3, 0.4) is 0 Å². The van der Waals surface area contributed by atoms with E-state index >= 15 is 0 Å². The fourth-order valence-electron chi connectivity index (χ4n) is 2.49. The van der Waals surface area contributed by atoms with Crippen molar-refractivity contribution in [2.45, 2.75) is 32.1 Å². The lowest BCUT2D eigenvalue weighted by Gasteiger charge is -2.11. The number of unbranched alkanes of at least 4 members (excludes halogenated alkanes) is 1. The summed E-state index contributed by atoms with van der Waals surface area (Å²) < 4.78 is 10.9. The molecule has 0 aliphatic heterocycles. The molecule has 0 fully saturated rings. The summed E-state index contributed by atoms with van der Waals surface area (Å²) in [6, 6.07) is 18.2. The Balaban J connectivity index is 1.74. The summed E-state index contributed by atoms with van der Waals surface area (Å²) in [4.78, 5) is 0. The number of nitriles is 1. The van der Waals surface area contributed by atoms with Crippen LogP contribution < -0.4 is 9.47 Å². The lowest BCUT2D eigenvalue weighted by Crippen LogP contribution is -2.00. The summed E-state index contributed by atoms with van der Waals surface area (Å²) in [7, 11) is 1.64. The Bertz CT molecular complexity index is 643. The van der Waals surface area contributed by atoms with E-state index in [0.717, 1.165) is 36.3 Å². The molecule has 0 saturated carbocycles. The summed E-state index contributed by atoms with van der Waals surface area (Å²) in [6.45, 7) is 2.74. The zero-order valence-electron chi connectivity index (χ0n) is 13.8. The van der Waals surface area contributed by atoms with E-state index in [0.29, 0.717) is 6.61 Å². The smallest absolute Gasteiger partial charge is 0.119 e. The number of hydrogen-bond acceptors (Lipinski definition) is 3. The average Bonchev–Trinajstić information content (AvgIpc) is 2.58. The van der Waals surface area contributed by atoms with E-state index in [2.05, 4.69) is 19.1 Å². The molecule has 0 aliphatic rings. The Kier molecular flexibility index (Phi) is 6.50. The molecule has 0 spiro atoms. The van der Waals surface area contributed by atoms with E-state index in [1.54, 1.807) is 7.11 Å². The highest BCUT2D eigenvalue weighted by molar-refractivity contribution is 5.32. The van der Waals surface area contributed by atoms with Crippen LogP contribution in [0.1, 0.15) is 36.3 Å². The van der Waals surface area contributed by atoms with Crippen molar-refractivity contribution >= 4 is 0 Å². The van der Waals surface area contributed by atoms with Gasteiger partial charge in [0.2, 0.25) is 0 Å². The fourth-order valence-corrected chi connectivity index (χ4v) is 2.49. The number of rotatable bonds is 8. The van der Waals surface area contributed by atoms with E-state index in [1.165, 1.54) is 5.56 Å². The molecular weight excluding hydrogens is 286 g/mol. The third-order valence-corrected chi connectivity index (χ3v) is 3.82. The van der Waals surface area contributed by atoms with Crippen molar-refractivity contribution < 1.29 is 9.47 Å². The van der Waals surface area contributed by atoms with Gasteiger partial charge in [0.05, 0.1) is 25.7 Å². The van der Waals surface area contributed by atoms with Gasteiger partial charge in [0.1, 0.15) is 11.5 Å². The second-order valence-electron chi connectivity index (χ2n) is 5.62. The molecular formula is C20H23NO2. The van der Waals surface area contributed by atoms with Gasteiger partial charge < -0.3 is 9.47 Å². The first kappa shape index (κ1) is 16.9. The van der Waals surface area contributed by atoms with Crippen molar-refractivity contribution in [3.05, 3.63) is 59.7 Å². The Morgan fingerprint density at radius 1 is 1.04 bits per heavy atom. The van der Waals surface area contributed by atoms with E-state index in [9.17, 15) is 5.26 Å². The van der Waals surface area contributed by atoms with Crippen LogP contribution in [-0.2, 0) is 0 Å². The quantitative estimate of drug-likeness (QED) is 0.654. The van der Waals surface area contributed by atoms with Crippen molar-refractivity contribution in [2.24, 2.45) is 0 Å². The average molecular weight is 309 g/mol. The van der Waals surface area contributed by atoms with Gasteiger partial charge in [-0.05, 0) is 61.6 Å². The van der Waals surface area contributed by atoms with Crippen LogP contribution in [0.25, 0.3) is 0 Å².